The number of carbonyl (C=O) groups excluding carboxylic acids is 4. The average Bonchev–Trinajstić information content (AvgIpc) is 4.47. The second kappa shape index (κ2) is 32.9. The van der Waals surface area contributed by atoms with E-state index >= 15 is 0 Å². The van der Waals surface area contributed by atoms with Crippen LogP contribution in [0.4, 0.5) is 17.1 Å². The minimum Gasteiger partial charge on any atom is -0.496 e. The van der Waals surface area contributed by atoms with Gasteiger partial charge in [0.15, 0.2) is 0 Å². The van der Waals surface area contributed by atoms with Crippen molar-refractivity contribution in [1.29, 1.82) is 0 Å². The molecule has 0 spiro atoms. The molecule has 1 fully saturated rings. The molecule has 3 N–H and O–H groups in total. The first kappa shape index (κ1) is 61.4. The van der Waals surface area contributed by atoms with Crippen LogP contribution in [0.25, 0.3) is 22.2 Å². The molecule has 7 rings (SSSR count). The molecule has 0 saturated carbocycles. The fourth-order valence-corrected chi connectivity index (χ4v) is 8.24. The van der Waals surface area contributed by atoms with Crippen molar-refractivity contribution in [2.45, 2.75) is 19.7 Å². The third-order valence-corrected chi connectivity index (χ3v) is 12.4. The van der Waals surface area contributed by atoms with Crippen molar-refractivity contribution < 1.29 is 76.1 Å². The van der Waals surface area contributed by atoms with E-state index in [2.05, 4.69) is 25.9 Å². The quantitative estimate of drug-likeness (QED) is 0.0162. The van der Waals surface area contributed by atoms with Crippen LogP contribution in [0.15, 0.2) is 89.6 Å². The van der Waals surface area contributed by atoms with Crippen molar-refractivity contribution in [3.05, 3.63) is 128 Å². The molecule has 440 valence electrons. The number of benzene rings is 3. The van der Waals surface area contributed by atoms with Crippen molar-refractivity contribution in [3.8, 4) is 17.1 Å². The first-order valence-corrected chi connectivity index (χ1v) is 26.4. The first-order chi connectivity index (χ1) is 40.0. The molecule has 0 unspecified atom stereocenters. The van der Waals surface area contributed by atoms with Crippen LogP contribution in [0, 0.1) is 20.2 Å². The summed E-state index contributed by atoms with van der Waals surface area (Å²) in [5.74, 6) is -0.435. The van der Waals surface area contributed by atoms with E-state index in [9.17, 15) is 39.4 Å². The number of ketones is 1. The van der Waals surface area contributed by atoms with Crippen molar-refractivity contribution in [2.24, 2.45) is 0 Å². The molecular weight excluding hydrogens is 1080 g/mol. The van der Waals surface area contributed by atoms with Crippen LogP contribution in [-0.4, -0.2) is 202 Å². The summed E-state index contributed by atoms with van der Waals surface area (Å²) in [6.45, 7) is 6.77. The Labute approximate surface area is 470 Å². The maximum Gasteiger partial charge on any atom is 0.299 e. The number of hydrogen-bond donors (Lipinski definition) is 3. The second-order valence-electron chi connectivity index (χ2n) is 18.0. The van der Waals surface area contributed by atoms with E-state index in [1.807, 2.05) is 6.07 Å². The number of carbonyl (C=O) groups is 4. The van der Waals surface area contributed by atoms with E-state index in [1.165, 1.54) is 30.3 Å². The number of piperazine rings is 1. The summed E-state index contributed by atoms with van der Waals surface area (Å²) >= 11 is 0. The molecule has 1 aliphatic rings. The number of methoxy groups -OCH3 is 1. The number of fused-ring (bicyclic) bond motifs is 1. The number of Topliss-reactive ketones (excluding diaryl/α,β-unsaturated/α-hetero) is 1. The number of nitro groups is 2. The number of hydrogen-bond acceptors (Lipinski definition) is 21. The van der Waals surface area contributed by atoms with Gasteiger partial charge in [-0.3, -0.25) is 39.4 Å². The third kappa shape index (κ3) is 18.9. The summed E-state index contributed by atoms with van der Waals surface area (Å²) in [4.78, 5) is 79.3. The zero-order valence-corrected chi connectivity index (χ0v) is 45.3. The lowest BCUT2D eigenvalue weighted by atomic mass is 10.0. The smallest absolute Gasteiger partial charge is 0.299 e. The van der Waals surface area contributed by atoms with Gasteiger partial charge in [-0.05, 0) is 42.5 Å². The molecule has 4 heterocycles. The number of furan rings is 1. The normalized spacial score (nSPS) is 12.5. The van der Waals surface area contributed by atoms with E-state index in [0.29, 0.717) is 137 Å². The lowest BCUT2D eigenvalue weighted by Gasteiger charge is -2.34. The fraction of sp³-hybridized carbons (Fsp3) is 0.444. The van der Waals surface area contributed by atoms with E-state index in [4.69, 9.17) is 47.0 Å². The highest BCUT2D eigenvalue weighted by molar-refractivity contribution is 6.45. The van der Waals surface area contributed by atoms with E-state index in [0.717, 1.165) is 6.07 Å². The summed E-state index contributed by atoms with van der Waals surface area (Å²) in [5, 5.41) is 36.4. The maximum atomic E-state index is 13.6. The number of nitro benzene ring substituents is 2. The molecule has 0 atom stereocenters. The van der Waals surface area contributed by atoms with Crippen molar-refractivity contribution in [1.82, 2.24) is 35.1 Å². The Bertz CT molecular complexity index is 3010. The molecule has 28 nitrogen and oxygen atoms in total. The molecule has 82 heavy (non-hydrogen) atoms. The van der Waals surface area contributed by atoms with Gasteiger partial charge >= 0.3 is 0 Å². The number of aromatic amines is 1. The summed E-state index contributed by atoms with van der Waals surface area (Å²) in [7, 11) is 1.48. The number of nitrogens with one attached hydrogen (secondary N) is 3. The number of rotatable bonds is 38. The number of ether oxygens (including phenoxy) is 9. The van der Waals surface area contributed by atoms with Crippen LogP contribution < -0.4 is 15.4 Å². The van der Waals surface area contributed by atoms with Crippen LogP contribution >= 0.6 is 0 Å². The molecule has 3 aromatic heterocycles. The lowest BCUT2D eigenvalue weighted by Crippen LogP contribution is -2.52. The predicted octanol–water partition coefficient (Wildman–Crippen LogP) is 4.07. The number of anilines is 1. The SMILES string of the molecule is COc1cc(-c2ccc(CNC(=O)COCCOCCOCCOCCn3cc(COCCOCCOCCOCCNc4ccc([N+](=O)[O-])cc4[N+](=O)[O-])nn3)o2)cc2[nH]cc(C(=O)C(=O)N3CCN(C(=O)c4ccccc4)CC3)c12. The minimum atomic E-state index is -0.690. The molecule has 6 aromatic rings. The van der Waals surface area contributed by atoms with E-state index < -0.39 is 21.5 Å². The standard InChI is InChI=1S/C54H66N10O18/c1-73-49-32-40(31-46-51(49)44(35-56-46)52(66)54(68)61-14-12-60(13-15-61)53(67)39-5-3-2-4-6-39)48-10-8-43(82-48)34-57-50(65)38-81-30-28-79-26-24-77-22-20-75-18-16-62-36-41(58-59-62)37-80-29-27-78-25-23-76-21-19-74-17-11-55-45-9-7-42(63(69)70)33-47(45)64(71)72/h2-10,31-33,35-36,55-56H,11-30,34,37-38H2,1H3,(H,57,65). The minimum absolute atomic E-state index is 0.117. The van der Waals surface area contributed by atoms with Crippen molar-refractivity contribution in [2.75, 3.05) is 144 Å². The largest absolute Gasteiger partial charge is 0.496 e. The molecule has 0 bridgehead atoms. The van der Waals surface area contributed by atoms with Gasteiger partial charge in [-0.2, -0.15) is 0 Å². The van der Waals surface area contributed by atoms with Gasteiger partial charge in [-0.1, -0.05) is 23.4 Å². The van der Waals surface area contributed by atoms with Gasteiger partial charge in [0, 0.05) is 56.1 Å². The fourth-order valence-electron chi connectivity index (χ4n) is 8.24. The number of H-pyrrole nitrogens is 1. The highest BCUT2D eigenvalue weighted by atomic mass is 16.6. The Morgan fingerprint density at radius 2 is 1.34 bits per heavy atom. The third-order valence-electron chi connectivity index (χ3n) is 12.4. The number of nitrogens with zero attached hydrogens (tertiary/aromatic N) is 7. The Morgan fingerprint density at radius 1 is 0.707 bits per heavy atom. The number of non-ortho nitro benzene ring substituents is 1. The Kier molecular flexibility index (Phi) is 24.6. The maximum absolute atomic E-state index is 13.6. The Hall–Kier alpha value is -8.22. The monoisotopic (exact) mass is 1140 g/mol. The molecule has 0 radical (unpaired) electrons. The molecule has 0 aliphatic carbocycles. The molecule has 1 saturated heterocycles. The van der Waals surface area contributed by atoms with E-state index in [-0.39, 0.29) is 93.7 Å². The molecule has 3 amide bonds. The molecular formula is C54H66N10O18. The first-order valence-electron chi connectivity index (χ1n) is 26.4. The Morgan fingerprint density at radius 3 is 2.00 bits per heavy atom. The predicted molar refractivity (Wildman–Crippen MR) is 291 cm³/mol. The van der Waals surface area contributed by atoms with Gasteiger partial charge < -0.3 is 72.5 Å². The van der Waals surface area contributed by atoms with Gasteiger partial charge in [0.2, 0.25) is 5.91 Å². The highest BCUT2D eigenvalue weighted by Crippen LogP contribution is 2.36. The topological polar surface area (TPSA) is 328 Å². The highest BCUT2D eigenvalue weighted by Gasteiger charge is 2.31. The summed E-state index contributed by atoms with van der Waals surface area (Å²) < 4.78 is 57.6. The van der Waals surface area contributed by atoms with Crippen LogP contribution in [0.3, 0.4) is 0 Å². The van der Waals surface area contributed by atoms with Crippen LogP contribution in [0.2, 0.25) is 0 Å². The number of aromatic nitrogens is 4. The van der Waals surface area contributed by atoms with Crippen molar-refractivity contribution in [3.63, 3.8) is 0 Å². The molecule has 1 aliphatic heterocycles. The molecule has 3 aromatic carbocycles. The zero-order valence-electron chi connectivity index (χ0n) is 45.3. The van der Waals surface area contributed by atoms with Gasteiger partial charge in [0.1, 0.15) is 35.3 Å². The van der Waals surface area contributed by atoms with Gasteiger partial charge in [-0.15, -0.1) is 5.10 Å². The summed E-state index contributed by atoms with van der Waals surface area (Å²) in [6, 6.07) is 19.3. The molecule has 28 heteroatoms. The van der Waals surface area contributed by atoms with Gasteiger partial charge in [-0.25, -0.2) is 4.68 Å². The van der Waals surface area contributed by atoms with Crippen LogP contribution in [0.1, 0.15) is 32.2 Å². The van der Waals surface area contributed by atoms with Gasteiger partial charge in [0.05, 0.1) is 158 Å². The van der Waals surface area contributed by atoms with Gasteiger partial charge in [0.25, 0.3) is 29.0 Å². The zero-order chi connectivity index (χ0) is 57.9. The van der Waals surface area contributed by atoms with Crippen LogP contribution in [0.5, 0.6) is 5.75 Å². The summed E-state index contributed by atoms with van der Waals surface area (Å²) in [5.41, 5.74) is 2.04. The average molecular weight is 1140 g/mol. The summed E-state index contributed by atoms with van der Waals surface area (Å²) in [6.07, 6.45) is 3.27. The van der Waals surface area contributed by atoms with Crippen molar-refractivity contribution >= 4 is 51.5 Å². The van der Waals surface area contributed by atoms with E-state index in [1.54, 1.807) is 64.3 Å². The Balaban J connectivity index is 0.644. The van der Waals surface area contributed by atoms with Crippen LogP contribution in [-0.2, 0) is 67.2 Å². The second-order valence-corrected chi connectivity index (χ2v) is 18.0. The number of amides is 3. The lowest BCUT2D eigenvalue weighted by molar-refractivity contribution is -0.393.